The van der Waals surface area contributed by atoms with Gasteiger partial charge in [-0.15, -0.1) is 0 Å². The third kappa shape index (κ3) is 2.70. The van der Waals surface area contributed by atoms with Crippen molar-refractivity contribution in [3.05, 3.63) is 23.8 Å². The van der Waals surface area contributed by atoms with E-state index in [2.05, 4.69) is 5.32 Å². The Morgan fingerprint density at radius 2 is 2.06 bits per heavy atom. The highest BCUT2D eigenvalue weighted by Crippen LogP contribution is 2.30. The molecule has 6 heteroatoms. The third-order valence-corrected chi connectivity index (χ3v) is 2.93. The fraction of sp³-hybridized carbons (Fsp3) is 0.333. The zero-order chi connectivity index (χ0) is 13.1. The second-order valence-corrected chi connectivity index (χ2v) is 4.43. The first-order valence-electron chi connectivity index (χ1n) is 5.58. The van der Waals surface area contributed by atoms with Crippen LogP contribution in [0, 0.1) is 0 Å². The maximum absolute atomic E-state index is 11.9. The Balaban J connectivity index is 2.13. The average Bonchev–Trinajstić information content (AvgIpc) is 2.37. The van der Waals surface area contributed by atoms with Gasteiger partial charge in [0.15, 0.2) is 11.5 Å². The first-order chi connectivity index (χ1) is 8.58. The quantitative estimate of drug-likeness (QED) is 0.794. The number of benzene rings is 1. The zero-order valence-corrected chi connectivity index (χ0v) is 10.8. The highest BCUT2D eigenvalue weighted by Gasteiger charge is 2.16. The van der Waals surface area contributed by atoms with Crippen LogP contribution in [0.1, 0.15) is 17.3 Å². The van der Waals surface area contributed by atoms with Crippen LogP contribution >= 0.6 is 12.2 Å². The van der Waals surface area contributed by atoms with Crippen LogP contribution in [0.15, 0.2) is 18.2 Å². The van der Waals surface area contributed by atoms with E-state index in [1.807, 2.05) is 0 Å². The first-order valence-corrected chi connectivity index (χ1v) is 5.98. The molecule has 2 rings (SSSR count). The molecule has 0 bridgehead atoms. The molecule has 18 heavy (non-hydrogen) atoms. The fourth-order valence-electron chi connectivity index (χ4n) is 1.54. The second kappa shape index (κ2) is 5.22. The number of rotatable bonds is 3. The SMILES string of the molecule is CC(NC(=O)c1ccc2c(c1)OCCO2)C(N)=S. The Morgan fingerprint density at radius 3 is 2.72 bits per heavy atom. The van der Waals surface area contributed by atoms with Crippen molar-refractivity contribution in [1.82, 2.24) is 5.32 Å². The van der Waals surface area contributed by atoms with E-state index >= 15 is 0 Å². The molecule has 1 aromatic rings. The Morgan fingerprint density at radius 1 is 1.39 bits per heavy atom. The number of carbonyl (C=O) groups excluding carboxylic acids is 1. The molecule has 0 radical (unpaired) electrons. The van der Waals surface area contributed by atoms with Crippen LogP contribution in [0.4, 0.5) is 0 Å². The summed E-state index contributed by atoms with van der Waals surface area (Å²) in [7, 11) is 0. The molecule has 1 atom stereocenters. The van der Waals surface area contributed by atoms with E-state index in [-0.39, 0.29) is 16.9 Å². The summed E-state index contributed by atoms with van der Waals surface area (Å²) < 4.78 is 10.8. The zero-order valence-electron chi connectivity index (χ0n) is 9.93. The molecule has 0 spiro atoms. The van der Waals surface area contributed by atoms with Gasteiger partial charge in [0.1, 0.15) is 13.2 Å². The summed E-state index contributed by atoms with van der Waals surface area (Å²) >= 11 is 4.80. The van der Waals surface area contributed by atoms with Crippen LogP contribution in [-0.4, -0.2) is 30.2 Å². The Kier molecular flexibility index (Phi) is 3.66. The lowest BCUT2D eigenvalue weighted by Gasteiger charge is -2.19. The lowest BCUT2D eigenvalue weighted by atomic mass is 10.1. The van der Waals surface area contributed by atoms with Crippen molar-refractivity contribution in [2.45, 2.75) is 13.0 Å². The monoisotopic (exact) mass is 266 g/mol. The van der Waals surface area contributed by atoms with Crippen molar-refractivity contribution in [3.8, 4) is 11.5 Å². The van der Waals surface area contributed by atoms with Gasteiger partial charge in [0.2, 0.25) is 0 Å². The smallest absolute Gasteiger partial charge is 0.251 e. The van der Waals surface area contributed by atoms with Crippen LogP contribution in [0.3, 0.4) is 0 Å². The molecule has 0 fully saturated rings. The normalized spacial score (nSPS) is 14.7. The summed E-state index contributed by atoms with van der Waals surface area (Å²) in [4.78, 5) is 12.2. The number of nitrogens with two attached hydrogens (primary N) is 1. The molecule has 5 nitrogen and oxygen atoms in total. The predicted octanol–water partition coefficient (Wildman–Crippen LogP) is 0.862. The van der Waals surface area contributed by atoms with Gasteiger partial charge in [-0.05, 0) is 25.1 Å². The number of hydrogen-bond acceptors (Lipinski definition) is 4. The number of nitrogens with one attached hydrogen (secondary N) is 1. The molecule has 0 aromatic heterocycles. The molecule has 1 aliphatic rings. The predicted molar refractivity (Wildman–Crippen MR) is 71.1 cm³/mol. The van der Waals surface area contributed by atoms with Crippen LogP contribution < -0.4 is 20.5 Å². The molecular weight excluding hydrogens is 252 g/mol. The summed E-state index contributed by atoms with van der Waals surface area (Å²) in [5, 5.41) is 2.70. The van der Waals surface area contributed by atoms with Gasteiger partial charge in [-0.3, -0.25) is 4.79 Å². The number of fused-ring (bicyclic) bond motifs is 1. The van der Waals surface area contributed by atoms with Gasteiger partial charge >= 0.3 is 0 Å². The van der Waals surface area contributed by atoms with E-state index in [0.717, 1.165) is 0 Å². The van der Waals surface area contributed by atoms with Crippen molar-refractivity contribution >= 4 is 23.1 Å². The highest BCUT2D eigenvalue weighted by atomic mass is 32.1. The van der Waals surface area contributed by atoms with Gasteiger partial charge < -0.3 is 20.5 Å². The number of thiocarbonyl (C=S) groups is 1. The second-order valence-electron chi connectivity index (χ2n) is 3.96. The molecule has 1 heterocycles. The van der Waals surface area contributed by atoms with Gasteiger partial charge in [-0.1, -0.05) is 12.2 Å². The van der Waals surface area contributed by atoms with Gasteiger partial charge in [-0.2, -0.15) is 0 Å². The van der Waals surface area contributed by atoms with Gasteiger partial charge in [-0.25, -0.2) is 0 Å². The van der Waals surface area contributed by atoms with Gasteiger partial charge in [0.05, 0.1) is 11.0 Å². The highest BCUT2D eigenvalue weighted by molar-refractivity contribution is 7.80. The minimum absolute atomic E-state index is 0.243. The van der Waals surface area contributed by atoms with Crippen LogP contribution in [-0.2, 0) is 0 Å². The molecule has 1 amide bonds. The summed E-state index contributed by atoms with van der Waals surface area (Å²) in [6.07, 6.45) is 0. The van der Waals surface area contributed by atoms with Crippen molar-refractivity contribution < 1.29 is 14.3 Å². The molecule has 1 unspecified atom stereocenters. The summed E-state index contributed by atoms with van der Waals surface area (Å²) in [6, 6.07) is 4.70. The molecule has 0 saturated heterocycles. The molecule has 96 valence electrons. The van der Waals surface area contributed by atoms with E-state index in [0.29, 0.717) is 30.3 Å². The molecule has 3 N–H and O–H groups in total. The Bertz CT molecular complexity index is 490. The minimum atomic E-state index is -0.347. The maximum atomic E-state index is 11.9. The standard InChI is InChI=1S/C12H14N2O3S/c1-7(11(13)18)14-12(15)8-2-3-9-10(6-8)17-5-4-16-9/h2-3,6-7H,4-5H2,1H3,(H2,13,18)(H,14,15). The molecular formula is C12H14N2O3S. The molecule has 1 aliphatic heterocycles. The number of hydrogen-bond donors (Lipinski definition) is 2. The topological polar surface area (TPSA) is 73.6 Å². The van der Waals surface area contributed by atoms with Crippen LogP contribution in [0.5, 0.6) is 11.5 Å². The number of ether oxygens (including phenoxy) is 2. The molecule has 1 aromatic carbocycles. The minimum Gasteiger partial charge on any atom is -0.486 e. The van der Waals surface area contributed by atoms with Gasteiger partial charge in [0.25, 0.3) is 5.91 Å². The van der Waals surface area contributed by atoms with E-state index in [1.165, 1.54) is 0 Å². The largest absolute Gasteiger partial charge is 0.486 e. The summed E-state index contributed by atoms with van der Waals surface area (Å²) in [5.74, 6) is 0.990. The Hall–Kier alpha value is -1.82. The van der Waals surface area contributed by atoms with Crippen molar-refractivity contribution in [3.63, 3.8) is 0 Å². The lowest BCUT2D eigenvalue weighted by Crippen LogP contribution is -2.41. The van der Waals surface area contributed by atoms with Crippen molar-refractivity contribution in [1.29, 1.82) is 0 Å². The first kappa shape index (κ1) is 12.6. The van der Waals surface area contributed by atoms with Crippen LogP contribution in [0.25, 0.3) is 0 Å². The van der Waals surface area contributed by atoms with E-state index in [1.54, 1.807) is 25.1 Å². The average molecular weight is 266 g/mol. The number of amides is 1. The Labute approximate surface area is 110 Å². The fourth-order valence-corrected chi connectivity index (χ4v) is 1.59. The van der Waals surface area contributed by atoms with Crippen LogP contribution in [0.2, 0.25) is 0 Å². The van der Waals surface area contributed by atoms with Crippen molar-refractivity contribution in [2.24, 2.45) is 5.73 Å². The lowest BCUT2D eigenvalue weighted by molar-refractivity contribution is 0.0948. The third-order valence-electron chi connectivity index (χ3n) is 2.58. The summed E-state index contributed by atoms with van der Waals surface area (Å²) in [6.45, 7) is 2.75. The van der Waals surface area contributed by atoms with Gasteiger partial charge in [0, 0.05) is 5.56 Å². The molecule has 0 saturated carbocycles. The van der Waals surface area contributed by atoms with Crippen molar-refractivity contribution in [2.75, 3.05) is 13.2 Å². The van der Waals surface area contributed by atoms with E-state index < -0.39 is 0 Å². The number of carbonyl (C=O) groups is 1. The van der Waals surface area contributed by atoms with E-state index in [9.17, 15) is 4.79 Å². The molecule has 0 aliphatic carbocycles. The summed E-state index contributed by atoms with van der Waals surface area (Å²) in [5.41, 5.74) is 5.93. The van der Waals surface area contributed by atoms with E-state index in [4.69, 9.17) is 27.4 Å². The maximum Gasteiger partial charge on any atom is 0.251 e.